The quantitative estimate of drug-likeness (QED) is 0.466. The molecule has 0 unspecified atom stereocenters. The molecule has 152 valence electrons. The van der Waals surface area contributed by atoms with Gasteiger partial charge in [-0.05, 0) is 47.7 Å². The van der Waals surface area contributed by atoms with E-state index in [9.17, 15) is 0 Å². The molecule has 3 aromatic carbocycles. The summed E-state index contributed by atoms with van der Waals surface area (Å²) in [4.78, 5) is 2.24. The fraction of sp³-hybridized carbons (Fsp3) is 0.208. The predicted molar refractivity (Wildman–Crippen MR) is 117 cm³/mol. The Labute approximate surface area is 176 Å². The highest BCUT2D eigenvalue weighted by Crippen LogP contribution is 2.30. The highest BCUT2D eigenvalue weighted by Gasteiger charge is 2.27. The second kappa shape index (κ2) is 8.88. The molecule has 0 fully saturated rings. The summed E-state index contributed by atoms with van der Waals surface area (Å²) in [6.45, 7) is 2.75. The summed E-state index contributed by atoms with van der Waals surface area (Å²) >= 11 is 0. The van der Waals surface area contributed by atoms with Crippen molar-refractivity contribution in [3.05, 3.63) is 101 Å². The summed E-state index contributed by atoms with van der Waals surface area (Å²) in [6, 6.07) is 26.4. The number of para-hydroxylation sites is 2. The van der Waals surface area contributed by atoms with Crippen molar-refractivity contribution in [3.63, 3.8) is 0 Å². The molecule has 0 bridgehead atoms. The van der Waals surface area contributed by atoms with E-state index in [0.717, 1.165) is 34.0 Å². The SMILES string of the molecule is COc1ccccc1CN(C)[C@H](c1ccccc1)c1nnnn1-c1ccccc1C. The number of methoxy groups -OCH3 is 1. The topological polar surface area (TPSA) is 56.1 Å². The minimum absolute atomic E-state index is 0.134. The number of benzene rings is 3. The summed E-state index contributed by atoms with van der Waals surface area (Å²) in [6.07, 6.45) is 0. The van der Waals surface area contributed by atoms with Gasteiger partial charge < -0.3 is 4.74 Å². The van der Waals surface area contributed by atoms with E-state index in [1.807, 2.05) is 59.3 Å². The first-order valence-corrected chi connectivity index (χ1v) is 9.90. The highest BCUT2D eigenvalue weighted by molar-refractivity contribution is 5.41. The summed E-state index contributed by atoms with van der Waals surface area (Å²) in [7, 11) is 3.78. The number of nitrogens with zero attached hydrogens (tertiary/aromatic N) is 5. The van der Waals surface area contributed by atoms with Crippen LogP contribution < -0.4 is 4.74 Å². The van der Waals surface area contributed by atoms with Crippen LogP contribution in [0.4, 0.5) is 0 Å². The van der Waals surface area contributed by atoms with E-state index in [4.69, 9.17) is 4.74 Å². The van der Waals surface area contributed by atoms with Crippen molar-refractivity contribution in [1.29, 1.82) is 0 Å². The van der Waals surface area contributed by atoms with E-state index < -0.39 is 0 Å². The Morgan fingerprint density at radius 2 is 1.63 bits per heavy atom. The maximum atomic E-state index is 5.56. The smallest absolute Gasteiger partial charge is 0.178 e. The van der Waals surface area contributed by atoms with Crippen molar-refractivity contribution in [2.75, 3.05) is 14.2 Å². The van der Waals surface area contributed by atoms with Gasteiger partial charge in [0.2, 0.25) is 0 Å². The third-order valence-electron chi connectivity index (χ3n) is 5.25. The highest BCUT2D eigenvalue weighted by atomic mass is 16.5. The summed E-state index contributed by atoms with van der Waals surface area (Å²) in [5.41, 5.74) is 4.33. The second-order valence-corrected chi connectivity index (χ2v) is 7.28. The molecule has 1 heterocycles. The van der Waals surface area contributed by atoms with Crippen molar-refractivity contribution in [1.82, 2.24) is 25.1 Å². The molecule has 1 aromatic heterocycles. The van der Waals surface area contributed by atoms with Crippen LogP contribution in [0.1, 0.15) is 28.6 Å². The molecule has 4 aromatic rings. The second-order valence-electron chi connectivity index (χ2n) is 7.28. The van der Waals surface area contributed by atoms with Crippen LogP contribution in [0.25, 0.3) is 5.69 Å². The van der Waals surface area contributed by atoms with Crippen molar-refractivity contribution >= 4 is 0 Å². The molecule has 0 N–H and O–H groups in total. The first kappa shape index (κ1) is 19.8. The van der Waals surface area contributed by atoms with Gasteiger partial charge in [-0.25, -0.2) is 0 Å². The molecule has 1 atom stereocenters. The van der Waals surface area contributed by atoms with Crippen LogP contribution in [0.15, 0.2) is 78.9 Å². The largest absolute Gasteiger partial charge is 0.496 e. The van der Waals surface area contributed by atoms with Gasteiger partial charge in [0.25, 0.3) is 0 Å². The molecule has 0 aliphatic heterocycles. The molecule has 0 aliphatic carbocycles. The average Bonchev–Trinajstić information content (AvgIpc) is 3.24. The lowest BCUT2D eigenvalue weighted by atomic mass is 10.0. The molecule has 4 rings (SSSR count). The third kappa shape index (κ3) is 3.95. The zero-order chi connectivity index (χ0) is 20.9. The minimum atomic E-state index is -0.134. The van der Waals surface area contributed by atoms with Crippen molar-refractivity contribution < 1.29 is 4.74 Å². The summed E-state index contributed by atoms with van der Waals surface area (Å²) in [5, 5.41) is 12.8. The minimum Gasteiger partial charge on any atom is -0.496 e. The Bertz CT molecular complexity index is 1110. The molecular formula is C24H25N5O. The summed E-state index contributed by atoms with van der Waals surface area (Å²) < 4.78 is 7.40. The number of tetrazole rings is 1. The standard InChI is InChI=1S/C24H25N5O/c1-18-11-7-9-15-21(18)29-24(25-26-27-29)23(19-12-5-4-6-13-19)28(2)17-20-14-8-10-16-22(20)30-3/h4-16,23H,17H2,1-3H3/t23-/m1/s1. The Morgan fingerprint density at radius 1 is 0.933 bits per heavy atom. The molecule has 0 saturated heterocycles. The number of hydrogen-bond donors (Lipinski definition) is 0. The van der Waals surface area contributed by atoms with E-state index in [-0.39, 0.29) is 6.04 Å². The Morgan fingerprint density at radius 3 is 2.40 bits per heavy atom. The van der Waals surface area contributed by atoms with Crippen LogP contribution in [-0.2, 0) is 6.54 Å². The van der Waals surface area contributed by atoms with Crippen molar-refractivity contribution in [3.8, 4) is 11.4 Å². The van der Waals surface area contributed by atoms with Gasteiger partial charge in [0, 0.05) is 12.1 Å². The number of aromatic nitrogens is 4. The summed E-state index contributed by atoms with van der Waals surface area (Å²) in [5.74, 6) is 1.64. The molecular weight excluding hydrogens is 374 g/mol. The Kier molecular flexibility index (Phi) is 5.86. The van der Waals surface area contributed by atoms with Gasteiger partial charge in [0.1, 0.15) is 5.75 Å². The normalized spacial score (nSPS) is 12.1. The molecule has 6 nitrogen and oxygen atoms in total. The molecule has 0 aliphatic rings. The fourth-order valence-electron chi connectivity index (χ4n) is 3.77. The van der Waals surface area contributed by atoms with Crippen LogP contribution >= 0.6 is 0 Å². The third-order valence-corrected chi connectivity index (χ3v) is 5.25. The molecule has 0 spiro atoms. The maximum Gasteiger partial charge on any atom is 0.178 e. The van der Waals surface area contributed by atoms with Gasteiger partial charge in [0.05, 0.1) is 18.8 Å². The first-order valence-electron chi connectivity index (χ1n) is 9.90. The van der Waals surface area contributed by atoms with E-state index in [0.29, 0.717) is 6.54 Å². The molecule has 0 amide bonds. The van der Waals surface area contributed by atoms with Gasteiger partial charge in [-0.15, -0.1) is 5.10 Å². The fourth-order valence-corrected chi connectivity index (χ4v) is 3.77. The van der Waals surface area contributed by atoms with Gasteiger partial charge >= 0.3 is 0 Å². The van der Waals surface area contributed by atoms with E-state index in [2.05, 4.69) is 58.7 Å². The zero-order valence-electron chi connectivity index (χ0n) is 17.4. The van der Waals surface area contributed by atoms with Gasteiger partial charge in [-0.3, -0.25) is 4.90 Å². The van der Waals surface area contributed by atoms with Gasteiger partial charge in [0.15, 0.2) is 5.82 Å². The average molecular weight is 399 g/mol. The number of hydrogen-bond acceptors (Lipinski definition) is 5. The lowest BCUT2D eigenvalue weighted by molar-refractivity contribution is 0.254. The number of rotatable bonds is 7. The van der Waals surface area contributed by atoms with Crippen molar-refractivity contribution in [2.45, 2.75) is 19.5 Å². The molecule has 30 heavy (non-hydrogen) atoms. The van der Waals surface area contributed by atoms with Crippen LogP contribution in [0, 0.1) is 6.92 Å². The van der Waals surface area contributed by atoms with Crippen LogP contribution in [0.5, 0.6) is 5.75 Å². The Balaban J connectivity index is 1.78. The van der Waals surface area contributed by atoms with E-state index in [1.165, 1.54) is 0 Å². The Hall–Kier alpha value is -3.51. The predicted octanol–water partition coefficient (Wildman–Crippen LogP) is 4.20. The zero-order valence-corrected chi connectivity index (χ0v) is 17.4. The van der Waals surface area contributed by atoms with Gasteiger partial charge in [-0.1, -0.05) is 66.7 Å². The maximum absolute atomic E-state index is 5.56. The molecule has 0 saturated carbocycles. The lowest BCUT2D eigenvalue weighted by Crippen LogP contribution is -2.28. The number of ether oxygens (including phenoxy) is 1. The van der Waals surface area contributed by atoms with E-state index >= 15 is 0 Å². The van der Waals surface area contributed by atoms with Gasteiger partial charge in [-0.2, -0.15) is 4.68 Å². The monoisotopic (exact) mass is 399 g/mol. The molecule has 0 radical (unpaired) electrons. The number of aryl methyl sites for hydroxylation is 1. The molecule has 6 heteroatoms. The first-order chi connectivity index (χ1) is 14.7. The van der Waals surface area contributed by atoms with Crippen LogP contribution in [-0.4, -0.2) is 39.3 Å². The van der Waals surface area contributed by atoms with E-state index in [1.54, 1.807) is 7.11 Å². The van der Waals surface area contributed by atoms with Crippen LogP contribution in [0.2, 0.25) is 0 Å². The lowest BCUT2D eigenvalue weighted by Gasteiger charge is -2.28. The van der Waals surface area contributed by atoms with Crippen molar-refractivity contribution in [2.24, 2.45) is 0 Å². The van der Waals surface area contributed by atoms with Crippen LogP contribution in [0.3, 0.4) is 0 Å².